The summed E-state index contributed by atoms with van der Waals surface area (Å²) in [7, 11) is 5.37. The molecule has 2 amide bonds. The van der Waals surface area contributed by atoms with Crippen molar-refractivity contribution in [3.8, 4) is 5.75 Å². The zero-order valence-electron chi connectivity index (χ0n) is 27.8. The fraction of sp³-hybridized carbons (Fsp3) is 0.389. The molecule has 1 aliphatic heterocycles. The number of aliphatic imine (C=N–C) groups is 2. The molecule has 0 unspecified atom stereocenters. The van der Waals surface area contributed by atoms with Gasteiger partial charge in [-0.05, 0) is 71.1 Å². The first-order valence-electron chi connectivity index (χ1n) is 16.1. The first-order valence-corrected chi connectivity index (χ1v) is 16.1. The van der Waals surface area contributed by atoms with Crippen LogP contribution in [0.2, 0.25) is 0 Å². The molecule has 11 heteroatoms. The van der Waals surface area contributed by atoms with Gasteiger partial charge in [0.15, 0.2) is 0 Å². The van der Waals surface area contributed by atoms with Crippen molar-refractivity contribution >= 4 is 58.2 Å². The van der Waals surface area contributed by atoms with E-state index < -0.39 is 0 Å². The summed E-state index contributed by atoms with van der Waals surface area (Å²) >= 11 is 0. The summed E-state index contributed by atoms with van der Waals surface area (Å²) in [6, 6.07) is 12.2. The SMILES string of the molecule is C=CC(=O)Nc1cc(NC(N=C)=N/C(=C\C)c2cn(C34CC(C3)C4)c3ccccc23)c(OC)cc1N1CCN(C(=O)CN(C)C)CC1. The Balaban J connectivity index is 1.29. The van der Waals surface area contributed by atoms with Crippen LogP contribution < -0.4 is 20.3 Å². The molecule has 246 valence electrons. The average Bonchev–Trinajstić information content (AvgIpc) is 3.40. The number of piperazine rings is 1. The van der Waals surface area contributed by atoms with E-state index in [1.54, 1.807) is 7.11 Å². The Hall–Kier alpha value is -4.90. The first-order chi connectivity index (χ1) is 22.7. The average molecular weight is 637 g/mol. The molecule has 47 heavy (non-hydrogen) atoms. The second-order valence-corrected chi connectivity index (χ2v) is 12.9. The monoisotopic (exact) mass is 636 g/mol. The number of carbonyl (C=O) groups is 2. The maximum absolute atomic E-state index is 12.6. The summed E-state index contributed by atoms with van der Waals surface area (Å²) in [5.41, 5.74) is 5.19. The first kappa shape index (κ1) is 32.1. The number of carbonyl (C=O) groups excluding carboxylic acids is 2. The number of likely N-dealkylation sites (N-methyl/N-ethyl adjacent to an activating group) is 1. The molecular weight excluding hydrogens is 592 g/mol. The Morgan fingerprint density at radius 3 is 2.40 bits per heavy atom. The predicted octanol–water partition coefficient (Wildman–Crippen LogP) is 5.02. The number of allylic oxidation sites excluding steroid dienone is 1. The van der Waals surface area contributed by atoms with Gasteiger partial charge in [0.2, 0.25) is 17.8 Å². The fourth-order valence-corrected chi connectivity index (χ4v) is 7.07. The number of fused-ring (bicyclic) bond motifs is 1. The van der Waals surface area contributed by atoms with Gasteiger partial charge in [-0.2, -0.15) is 0 Å². The van der Waals surface area contributed by atoms with Crippen LogP contribution >= 0.6 is 0 Å². The largest absolute Gasteiger partial charge is 0.494 e. The van der Waals surface area contributed by atoms with E-state index in [1.165, 1.54) is 30.9 Å². The molecular formula is C36H44N8O3. The number of ether oxygens (including phenoxy) is 1. The van der Waals surface area contributed by atoms with E-state index >= 15 is 0 Å². The van der Waals surface area contributed by atoms with Gasteiger partial charge in [-0.25, -0.2) is 9.98 Å². The molecule has 4 fully saturated rings. The van der Waals surface area contributed by atoms with Gasteiger partial charge in [0.05, 0.1) is 36.4 Å². The maximum Gasteiger partial charge on any atom is 0.247 e. The minimum absolute atomic E-state index is 0.0974. The number of rotatable bonds is 10. The number of nitrogens with zero attached hydrogens (tertiary/aromatic N) is 6. The van der Waals surface area contributed by atoms with Crippen LogP contribution in [0, 0.1) is 5.92 Å². The molecule has 2 aromatic carbocycles. The van der Waals surface area contributed by atoms with Crippen molar-refractivity contribution in [2.24, 2.45) is 15.9 Å². The maximum atomic E-state index is 12.6. The van der Waals surface area contributed by atoms with Crippen LogP contribution in [0.5, 0.6) is 5.75 Å². The molecule has 0 radical (unpaired) electrons. The van der Waals surface area contributed by atoms with Crippen molar-refractivity contribution in [3.63, 3.8) is 0 Å². The molecule has 2 N–H and O–H groups in total. The van der Waals surface area contributed by atoms with Crippen molar-refractivity contribution < 1.29 is 14.3 Å². The zero-order chi connectivity index (χ0) is 33.3. The predicted molar refractivity (Wildman–Crippen MR) is 191 cm³/mol. The van der Waals surface area contributed by atoms with Crippen molar-refractivity contribution in [1.82, 2.24) is 14.4 Å². The van der Waals surface area contributed by atoms with Gasteiger partial charge < -0.3 is 34.6 Å². The second-order valence-electron chi connectivity index (χ2n) is 12.9. The lowest BCUT2D eigenvalue weighted by Crippen LogP contribution is -2.58. The molecule has 3 saturated carbocycles. The van der Waals surface area contributed by atoms with Gasteiger partial charge in [0.25, 0.3) is 0 Å². The molecule has 3 aromatic rings. The van der Waals surface area contributed by atoms with Crippen LogP contribution in [0.3, 0.4) is 0 Å². The van der Waals surface area contributed by atoms with E-state index in [0.29, 0.717) is 55.8 Å². The summed E-state index contributed by atoms with van der Waals surface area (Å²) in [5.74, 6) is 1.46. The van der Waals surface area contributed by atoms with Crippen LogP contribution in [0.4, 0.5) is 17.1 Å². The van der Waals surface area contributed by atoms with Gasteiger partial charge in [-0.1, -0.05) is 30.9 Å². The molecule has 1 saturated heterocycles. The van der Waals surface area contributed by atoms with Crippen molar-refractivity contribution in [2.45, 2.75) is 31.7 Å². The molecule has 3 aliphatic carbocycles. The number of amides is 2. The quantitative estimate of drug-likeness (QED) is 0.184. The highest BCUT2D eigenvalue weighted by Gasteiger charge is 2.58. The van der Waals surface area contributed by atoms with Gasteiger partial charge in [0.1, 0.15) is 5.75 Å². The van der Waals surface area contributed by atoms with E-state index in [9.17, 15) is 9.59 Å². The minimum atomic E-state index is -0.339. The van der Waals surface area contributed by atoms with Gasteiger partial charge in [0, 0.05) is 60.4 Å². The van der Waals surface area contributed by atoms with Crippen LogP contribution in [0.15, 0.2) is 71.3 Å². The lowest BCUT2D eigenvalue weighted by molar-refractivity contribution is -0.132. The van der Waals surface area contributed by atoms with Crippen LogP contribution in [0.25, 0.3) is 16.6 Å². The standard InChI is InChI=1S/C36H44N8O3/c1-7-27(26-22-44(36-19-24(20-36)21-36)30-12-10-9-11-25(26)30)39-35(37-3)40-29-17-28(38-33(45)8-2)31(18-32(29)47-6)42-13-15-43(16-14-42)34(46)23-41(4)5/h7-12,17-18,22,24H,2-3,13-16,19-21,23H2,1,4-6H3,(H,38,45)(H,39,40)/b27-7-. The molecule has 7 rings (SSSR count). The summed E-state index contributed by atoms with van der Waals surface area (Å²) in [6.45, 7) is 12.1. The number of aromatic nitrogens is 1. The summed E-state index contributed by atoms with van der Waals surface area (Å²) < 4.78 is 8.28. The third-order valence-electron chi connectivity index (χ3n) is 9.59. The van der Waals surface area contributed by atoms with Gasteiger partial charge in [-0.15, -0.1) is 0 Å². The summed E-state index contributed by atoms with van der Waals surface area (Å²) in [6.07, 6.45) is 9.19. The number of para-hydroxylation sites is 1. The van der Waals surface area contributed by atoms with Crippen LogP contribution in [-0.2, 0) is 15.1 Å². The van der Waals surface area contributed by atoms with Crippen molar-refractivity contribution in [1.29, 1.82) is 0 Å². The second kappa shape index (κ2) is 13.1. The van der Waals surface area contributed by atoms with Crippen LogP contribution in [-0.4, -0.2) is 92.8 Å². The number of guanidine groups is 1. The number of benzene rings is 2. The minimum Gasteiger partial charge on any atom is -0.494 e. The Labute approximate surface area is 276 Å². The number of nitrogens with one attached hydrogen (secondary N) is 2. The number of methoxy groups -OCH3 is 1. The molecule has 4 aliphatic rings. The van der Waals surface area contributed by atoms with Gasteiger partial charge in [-0.3, -0.25) is 9.59 Å². The van der Waals surface area contributed by atoms with E-state index in [-0.39, 0.29) is 17.4 Å². The smallest absolute Gasteiger partial charge is 0.247 e. The van der Waals surface area contributed by atoms with Crippen molar-refractivity contribution in [3.05, 3.63) is 66.9 Å². The molecule has 1 aromatic heterocycles. The molecule has 11 nitrogen and oxygen atoms in total. The third kappa shape index (κ3) is 6.15. The highest BCUT2D eigenvalue weighted by atomic mass is 16.5. The van der Waals surface area contributed by atoms with E-state index in [4.69, 9.17) is 9.73 Å². The van der Waals surface area contributed by atoms with E-state index in [0.717, 1.165) is 28.3 Å². The molecule has 0 spiro atoms. The van der Waals surface area contributed by atoms with Crippen molar-refractivity contribution in [2.75, 3.05) is 69.5 Å². The Morgan fingerprint density at radius 1 is 1.09 bits per heavy atom. The summed E-state index contributed by atoms with van der Waals surface area (Å²) in [4.78, 5) is 40.2. The fourth-order valence-electron chi connectivity index (χ4n) is 7.07. The lowest BCUT2D eigenvalue weighted by atomic mass is 9.49. The highest BCUT2D eigenvalue weighted by Crippen LogP contribution is 2.63. The third-order valence-corrected chi connectivity index (χ3v) is 9.59. The summed E-state index contributed by atoms with van der Waals surface area (Å²) in [5, 5.41) is 7.39. The van der Waals surface area contributed by atoms with Gasteiger partial charge >= 0.3 is 0 Å². The molecule has 2 heterocycles. The van der Waals surface area contributed by atoms with E-state index in [1.807, 2.05) is 49.0 Å². The van der Waals surface area contributed by atoms with Crippen LogP contribution in [0.1, 0.15) is 31.7 Å². The number of hydrogen-bond acceptors (Lipinski definition) is 6. The Bertz CT molecular complexity index is 1760. The Kier molecular flexibility index (Phi) is 8.92. The van der Waals surface area contributed by atoms with E-state index in [2.05, 4.69) is 68.9 Å². The lowest BCUT2D eigenvalue weighted by Gasteiger charge is -2.62. The Morgan fingerprint density at radius 2 is 1.81 bits per heavy atom. The highest BCUT2D eigenvalue weighted by molar-refractivity contribution is 6.05. The topological polar surface area (TPSA) is 107 Å². The number of hydrogen-bond donors (Lipinski definition) is 2. The number of anilines is 3. The normalized spacial score (nSPS) is 20.8. The molecule has 2 bridgehead atoms. The molecule has 0 atom stereocenters. The zero-order valence-corrected chi connectivity index (χ0v) is 27.8.